The second-order valence-electron chi connectivity index (χ2n) is 5.29. The Hall–Kier alpha value is -2.21. The maximum Gasteiger partial charge on any atom is 0.234 e. The molecule has 1 aromatic heterocycles. The van der Waals surface area contributed by atoms with Gasteiger partial charge in [-0.3, -0.25) is 4.79 Å². The molecule has 4 nitrogen and oxygen atoms in total. The number of benzene rings is 2. The average Bonchev–Trinajstić information content (AvgIpc) is 3.11. The van der Waals surface area contributed by atoms with E-state index in [1.54, 1.807) is 18.2 Å². The molecule has 0 unspecified atom stereocenters. The van der Waals surface area contributed by atoms with Gasteiger partial charge in [0.25, 0.3) is 0 Å². The van der Waals surface area contributed by atoms with Gasteiger partial charge < -0.3 is 14.8 Å². The number of rotatable bonds is 6. The normalized spacial score (nSPS) is 10.6. The summed E-state index contributed by atoms with van der Waals surface area (Å²) in [4.78, 5) is 13.0. The third kappa shape index (κ3) is 4.89. The Kier molecular flexibility index (Phi) is 5.81. The highest BCUT2D eigenvalue weighted by atomic mass is 35.5. The minimum Gasteiger partial charge on any atom is -0.459 e. The quantitative estimate of drug-likeness (QED) is 0.608. The van der Waals surface area contributed by atoms with Crippen molar-refractivity contribution in [1.29, 1.82) is 0 Å². The smallest absolute Gasteiger partial charge is 0.234 e. The number of halogens is 1. The van der Waals surface area contributed by atoms with Gasteiger partial charge in [0.05, 0.1) is 5.75 Å². The molecule has 25 heavy (non-hydrogen) atoms. The first kappa shape index (κ1) is 17.6. The SMILES string of the molecule is O=C(CSc1ccc(Cl)cc1)Nc1ccc(-c2ccc(CO)o2)cc1. The molecule has 0 saturated heterocycles. The topological polar surface area (TPSA) is 62.5 Å². The number of aliphatic hydroxyl groups excluding tert-OH is 1. The Morgan fingerprint density at radius 1 is 1.04 bits per heavy atom. The molecule has 0 aliphatic heterocycles. The second-order valence-corrected chi connectivity index (χ2v) is 6.78. The van der Waals surface area contributed by atoms with Gasteiger partial charge in [-0.25, -0.2) is 0 Å². The lowest BCUT2D eigenvalue weighted by atomic mass is 10.1. The molecule has 1 heterocycles. The fourth-order valence-electron chi connectivity index (χ4n) is 2.21. The molecule has 0 spiro atoms. The van der Waals surface area contributed by atoms with Crippen LogP contribution in [0.2, 0.25) is 5.02 Å². The Labute approximate surface area is 154 Å². The van der Waals surface area contributed by atoms with Crippen LogP contribution < -0.4 is 5.32 Å². The van der Waals surface area contributed by atoms with Crippen molar-refractivity contribution in [3.05, 3.63) is 71.4 Å². The van der Waals surface area contributed by atoms with Gasteiger partial charge in [-0.15, -0.1) is 11.8 Å². The van der Waals surface area contributed by atoms with Gasteiger partial charge in [0.1, 0.15) is 18.1 Å². The molecule has 2 N–H and O–H groups in total. The van der Waals surface area contributed by atoms with Crippen LogP contribution in [0.5, 0.6) is 0 Å². The van der Waals surface area contributed by atoms with Crippen molar-refractivity contribution in [3.63, 3.8) is 0 Å². The minimum absolute atomic E-state index is 0.0757. The molecule has 0 aliphatic rings. The van der Waals surface area contributed by atoms with Crippen molar-refractivity contribution in [3.8, 4) is 11.3 Å². The van der Waals surface area contributed by atoms with E-state index < -0.39 is 0 Å². The van der Waals surface area contributed by atoms with Crippen LogP contribution in [0.15, 0.2) is 70.0 Å². The molecular weight excluding hydrogens is 358 g/mol. The van der Waals surface area contributed by atoms with Gasteiger partial charge in [0.2, 0.25) is 5.91 Å². The second kappa shape index (κ2) is 8.25. The van der Waals surface area contributed by atoms with Gasteiger partial charge in [-0.05, 0) is 60.7 Å². The Morgan fingerprint density at radius 3 is 2.40 bits per heavy atom. The third-order valence-corrected chi connectivity index (χ3v) is 4.72. The lowest BCUT2D eigenvalue weighted by Gasteiger charge is -2.06. The minimum atomic E-state index is -0.126. The summed E-state index contributed by atoms with van der Waals surface area (Å²) in [6.45, 7) is -0.126. The monoisotopic (exact) mass is 373 g/mol. The summed E-state index contributed by atoms with van der Waals surface area (Å²) in [6, 6.07) is 18.3. The fourth-order valence-corrected chi connectivity index (χ4v) is 3.04. The van der Waals surface area contributed by atoms with E-state index in [9.17, 15) is 4.79 Å². The largest absolute Gasteiger partial charge is 0.459 e. The van der Waals surface area contributed by atoms with Crippen molar-refractivity contribution in [2.75, 3.05) is 11.1 Å². The maximum atomic E-state index is 12.0. The Bertz CT molecular complexity index is 844. The molecule has 3 aromatic rings. The molecular formula is C19H16ClNO3S. The first-order chi connectivity index (χ1) is 12.1. The summed E-state index contributed by atoms with van der Waals surface area (Å²) in [5.74, 6) is 1.45. The van der Waals surface area contributed by atoms with Crippen LogP contribution in [-0.2, 0) is 11.4 Å². The maximum absolute atomic E-state index is 12.0. The molecule has 0 bridgehead atoms. The van der Waals surface area contributed by atoms with E-state index in [0.29, 0.717) is 22.3 Å². The molecule has 0 aliphatic carbocycles. The zero-order valence-corrected chi connectivity index (χ0v) is 14.8. The lowest BCUT2D eigenvalue weighted by molar-refractivity contribution is -0.113. The number of aliphatic hydroxyl groups is 1. The van der Waals surface area contributed by atoms with E-state index in [0.717, 1.165) is 16.1 Å². The molecule has 3 rings (SSSR count). The van der Waals surface area contributed by atoms with Crippen molar-refractivity contribution in [1.82, 2.24) is 0 Å². The van der Waals surface area contributed by atoms with E-state index in [4.69, 9.17) is 21.1 Å². The number of carbonyl (C=O) groups excluding carboxylic acids is 1. The highest BCUT2D eigenvalue weighted by molar-refractivity contribution is 8.00. The summed E-state index contributed by atoms with van der Waals surface area (Å²) >= 11 is 7.29. The van der Waals surface area contributed by atoms with Crippen LogP contribution in [-0.4, -0.2) is 16.8 Å². The van der Waals surface area contributed by atoms with Gasteiger partial charge in [0, 0.05) is 21.2 Å². The molecule has 128 valence electrons. The molecule has 0 radical (unpaired) electrons. The van der Waals surface area contributed by atoms with E-state index in [2.05, 4.69) is 5.32 Å². The summed E-state index contributed by atoms with van der Waals surface area (Å²) in [5.41, 5.74) is 1.60. The van der Waals surface area contributed by atoms with E-state index >= 15 is 0 Å². The highest BCUT2D eigenvalue weighted by Gasteiger charge is 2.07. The van der Waals surface area contributed by atoms with Crippen molar-refractivity contribution < 1.29 is 14.3 Å². The zero-order chi connectivity index (χ0) is 17.6. The highest BCUT2D eigenvalue weighted by Crippen LogP contribution is 2.24. The van der Waals surface area contributed by atoms with E-state index in [-0.39, 0.29) is 12.5 Å². The van der Waals surface area contributed by atoms with Crippen LogP contribution in [0.4, 0.5) is 5.69 Å². The summed E-state index contributed by atoms with van der Waals surface area (Å²) in [7, 11) is 0. The number of anilines is 1. The van der Waals surface area contributed by atoms with Crippen LogP contribution >= 0.6 is 23.4 Å². The fraction of sp³-hybridized carbons (Fsp3) is 0.105. The number of hydrogen-bond acceptors (Lipinski definition) is 4. The first-order valence-electron chi connectivity index (χ1n) is 7.62. The Balaban J connectivity index is 1.55. The van der Waals surface area contributed by atoms with Crippen molar-refractivity contribution >= 4 is 35.0 Å². The number of furan rings is 1. The number of thioether (sulfide) groups is 1. The van der Waals surface area contributed by atoms with Crippen LogP contribution in [0.1, 0.15) is 5.76 Å². The first-order valence-corrected chi connectivity index (χ1v) is 8.98. The Morgan fingerprint density at radius 2 is 1.76 bits per heavy atom. The van der Waals surface area contributed by atoms with Crippen molar-refractivity contribution in [2.24, 2.45) is 0 Å². The van der Waals surface area contributed by atoms with Gasteiger partial charge in [0.15, 0.2) is 0 Å². The predicted molar refractivity (Wildman–Crippen MR) is 101 cm³/mol. The number of amides is 1. The van der Waals surface area contributed by atoms with Crippen molar-refractivity contribution in [2.45, 2.75) is 11.5 Å². The van der Waals surface area contributed by atoms with Crippen LogP contribution in [0.25, 0.3) is 11.3 Å². The average molecular weight is 374 g/mol. The number of hydrogen-bond donors (Lipinski definition) is 2. The molecule has 1 amide bonds. The third-order valence-electron chi connectivity index (χ3n) is 3.45. The standard InChI is InChI=1S/C19H16ClNO3S/c20-14-3-8-17(9-4-14)25-12-19(23)21-15-5-1-13(2-6-15)18-10-7-16(11-22)24-18/h1-10,22H,11-12H2,(H,21,23). The molecule has 0 fully saturated rings. The number of nitrogens with one attached hydrogen (secondary N) is 1. The molecule has 0 atom stereocenters. The van der Waals surface area contributed by atoms with Gasteiger partial charge in [-0.1, -0.05) is 11.6 Å². The summed E-state index contributed by atoms with van der Waals surface area (Å²) < 4.78 is 5.49. The van der Waals surface area contributed by atoms with E-state index in [1.165, 1.54) is 11.8 Å². The number of carbonyl (C=O) groups is 1. The van der Waals surface area contributed by atoms with Gasteiger partial charge >= 0.3 is 0 Å². The summed E-state index contributed by atoms with van der Waals surface area (Å²) in [5, 5.41) is 12.6. The lowest BCUT2D eigenvalue weighted by Crippen LogP contribution is -2.13. The van der Waals surface area contributed by atoms with Crippen LogP contribution in [0, 0.1) is 0 Å². The summed E-state index contributed by atoms with van der Waals surface area (Å²) in [6.07, 6.45) is 0. The predicted octanol–water partition coefficient (Wildman–Crippen LogP) is 4.82. The molecule has 0 saturated carbocycles. The van der Waals surface area contributed by atoms with E-state index in [1.807, 2.05) is 42.5 Å². The molecule has 2 aromatic carbocycles. The van der Waals surface area contributed by atoms with Gasteiger partial charge in [-0.2, -0.15) is 0 Å². The van der Waals surface area contributed by atoms with Crippen LogP contribution in [0.3, 0.4) is 0 Å². The molecule has 6 heteroatoms. The zero-order valence-electron chi connectivity index (χ0n) is 13.2.